The van der Waals surface area contributed by atoms with Gasteiger partial charge in [0.2, 0.25) is 5.91 Å². The van der Waals surface area contributed by atoms with Crippen molar-refractivity contribution in [1.29, 1.82) is 0 Å². The average Bonchev–Trinajstić information content (AvgIpc) is 3.00. The highest BCUT2D eigenvalue weighted by atomic mass is 16.2. The minimum absolute atomic E-state index is 0.0513. The van der Waals surface area contributed by atoms with Gasteiger partial charge in [-0.2, -0.15) is 0 Å². The summed E-state index contributed by atoms with van der Waals surface area (Å²) in [7, 11) is 0. The third kappa shape index (κ3) is 3.65. The van der Waals surface area contributed by atoms with Crippen LogP contribution in [-0.4, -0.2) is 25.0 Å². The number of benzene rings is 2. The van der Waals surface area contributed by atoms with Gasteiger partial charge in [0.05, 0.1) is 6.54 Å². The van der Waals surface area contributed by atoms with Gasteiger partial charge >= 0.3 is 6.03 Å². The van der Waals surface area contributed by atoms with Crippen LogP contribution in [-0.2, 0) is 11.2 Å². The Morgan fingerprint density at radius 1 is 1.08 bits per heavy atom. The number of aryl methyl sites for hydroxylation is 3. The van der Waals surface area contributed by atoms with E-state index in [0.29, 0.717) is 6.54 Å². The molecule has 0 atom stereocenters. The van der Waals surface area contributed by atoms with Crippen molar-refractivity contribution in [2.24, 2.45) is 0 Å². The monoisotopic (exact) mass is 337 g/mol. The van der Waals surface area contributed by atoms with Crippen molar-refractivity contribution in [1.82, 2.24) is 5.32 Å². The molecule has 0 saturated heterocycles. The van der Waals surface area contributed by atoms with Crippen molar-refractivity contribution >= 4 is 23.3 Å². The van der Waals surface area contributed by atoms with E-state index in [1.807, 2.05) is 57.2 Å². The lowest BCUT2D eigenvalue weighted by atomic mass is 10.1. The molecule has 0 aromatic heterocycles. The summed E-state index contributed by atoms with van der Waals surface area (Å²) in [6.45, 7) is 6.55. The SMILES string of the molecule is Cc1cc(C)c(NC(=O)CNC(=O)N2CCc3ccccc32)c(C)c1. The van der Waals surface area contributed by atoms with Crippen LogP contribution in [0.3, 0.4) is 0 Å². The summed E-state index contributed by atoms with van der Waals surface area (Å²) in [6.07, 6.45) is 0.845. The molecule has 2 aromatic rings. The second kappa shape index (κ2) is 6.97. The summed E-state index contributed by atoms with van der Waals surface area (Å²) in [4.78, 5) is 26.3. The standard InChI is InChI=1S/C20H23N3O2/c1-13-10-14(2)19(15(3)11-13)22-18(24)12-21-20(25)23-9-8-16-6-4-5-7-17(16)23/h4-7,10-11H,8-9,12H2,1-3H3,(H,21,25)(H,22,24). The van der Waals surface area contributed by atoms with Crippen molar-refractivity contribution in [2.75, 3.05) is 23.3 Å². The largest absolute Gasteiger partial charge is 0.329 e. The van der Waals surface area contributed by atoms with Crippen LogP contribution >= 0.6 is 0 Å². The molecule has 0 aliphatic carbocycles. The van der Waals surface area contributed by atoms with Gasteiger partial charge in [-0.25, -0.2) is 4.79 Å². The second-order valence-corrected chi connectivity index (χ2v) is 6.51. The first kappa shape index (κ1) is 17.0. The molecule has 2 N–H and O–H groups in total. The first-order chi connectivity index (χ1) is 12.0. The van der Waals surface area contributed by atoms with Gasteiger partial charge in [-0.3, -0.25) is 9.69 Å². The fraction of sp³-hybridized carbons (Fsp3) is 0.300. The van der Waals surface area contributed by atoms with E-state index in [9.17, 15) is 9.59 Å². The van der Waals surface area contributed by atoms with Crippen LogP contribution in [0.4, 0.5) is 16.2 Å². The Bertz CT molecular complexity index is 806. The molecular formula is C20H23N3O2. The number of para-hydroxylation sites is 1. The Labute approximate surface area is 148 Å². The maximum Gasteiger partial charge on any atom is 0.322 e. The van der Waals surface area contributed by atoms with E-state index in [4.69, 9.17) is 0 Å². The van der Waals surface area contributed by atoms with Gasteiger partial charge in [0.15, 0.2) is 0 Å². The first-order valence-electron chi connectivity index (χ1n) is 8.46. The fourth-order valence-corrected chi connectivity index (χ4v) is 3.36. The van der Waals surface area contributed by atoms with Gasteiger partial charge in [-0.15, -0.1) is 0 Å². The number of urea groups is 1. The molecular weight excluding hydrogens is 314 g/mol. The number of anilines is 2. The minimum Gasteiger partial charge on any atom is -0.329 e. The summed E-state index contributed by atoms with van der Waals surface area (Å²) < 4.78 is 0. The number of carbonyl (C=O) groups excluding carboxylic acids is 2. The molecule has 5 nitrogen and oxygen atoms in total. The van der Waals surface area contributed by atoms with Crippen molar-refractivity contribution in [2.45, 2.75) is 27.2 Å². The number of rotatable bonds is 3. The Hall–Kier alpha value is -2.82. The first-order valence-corrected chi connectivity index (χ1v) is 8.46. The van der Waals surface area contributed by atoms with Gasteiger partial charge < -0.3 is 10.6 Å². The highest BCUT2D eigenvalue weighted by Gasteiger charge is 2.24. The van der Waals surface area contributed by atoms with Crippen LogP contribution in [0.1, 0.15) is 22.3 Å². The van der Waals surface area contributed by atoms with Crippen LogP contribution in [0, 0.1) is 20.8 Å². The zero-order valence-corrected chi connectivity index (χ0v) is 14.8. The van der Waals surface area contributed by atoms with Gasteiger partial charge in [-0.1, -0.05) is 35.9 Å². The predicted octanol–water partition coefficient (Wildman–Crippen LogP) is 3.32. The topological polar surface area (TPSA) is 61.4 Å². The van der Waals surface area contributed by atoms with E-state index in [1.165, 1.54) is 0 Å². The van der Waals surface area contributed by atoms with Crippen LogP contribution in [0.2, 0.25) is 0 Å². The molecule has 0 bridgehead atoms. The van der Waals surface area contributed by atoms with Gasteiger partial charge in [0.25, 0.3) is 0 Å². The molecule has 0 radical (unpaired) electrons. The number of carbonyl (C=O) groups is 2. The Kier molecular flexibility index (Phi) is 4.74. The molecule has 0 unspecified atom stereocenters. The smallest absolute Gasteiger partial charge is 0.322 e. The Morgan fingerprint density at radius 2 is 1.76 bits per heavy atom. The number of nitrogens with one attached hydrogen (secondary N) is 2. The lowest BCUT2D eigenvalue weighted by molar-refractivity contribution is -0.115. The van der Waals surface area contributed by atoms with E-state index in [-0.39, 0.29) is 18.5 Å². The average molecular weight is 337 g/mol. The molecule has 2 aromatic carbocycles. The highest BCUT2D eigenvalue weighted by Crippen LogP contribution is 2.27. The van der Waals surface area contributed by atoms with Gasteiger partial charge in [-0.05, 0) is 49.9 Å². The predicted molar refractivity (Wildman–Crippen MR) is 100 cm³/mol. The van der Waals surface area contributed by atoms with Crippen molar-refractivity contribution in [3.8, 4) is 0 Å². The normalized spacial score (nSPS) is 12.7. The molecule has 0 fully saturated rings. The molecule has 3 amide bonds. The number of hydrogen-bond donors (Lipinski definition) is 2. The number of nitrogens with zero attached hydrogens (tertiary/aromatic N) is 1. The van der Waals surface area contributed by atoms with E-state index >= 15 is 0 Å². The number of hydrogen-bond acceptors (Lipinski definition) is 2. The summed E-state index contributed by atoms with van der Waals surface area (Å²) in [5.74, 6) is -0.226. The number of amides is 3. The highest BCUT2D eigenvalue weighted by molar-refractivity contribution is 5.99. The van der Waals surface area contributed by atoms with E-state index < -0.39 is 0 Å². The lowest BCUT2D eigenvalue weighted by Crippen LogP contribution is -2.42. The molecule has 1 aliphatic heterocycles. The Balaban J connectivity index is 1.59. The zero-order valence-electron chi connectivity index (χ0n) is 14.8. The molecule has 130 valence electrons. The third-order valence-corrected chi connectivity index (χ3v) is 4.47. The maximum atomic E-state index is 12.4. The molecule has 0 spiro atoms. The van der Waals surface area contributed by atoms with Crippen LogP contribution in [0.25, 0.3) is 0 Å². The van der Waals surface area contributed by atoms with Crippen LogP contribution in [0.15, 0.2) is 36.4 Å². The lowest BCUT2D eigenvalue weighted by Gasteiger charge is -2.18. The third-order valence-electron chi connectivity index (χ3n) is 4.47. The number of fused-ring (bicyclic) bond motifs is 1. The zero-order chi connectivity index (χ0) is 18.0. The minimum atomic E-state index is -0.238. The second-order valence-electron chi connectivity index (χ2n) is 6.51. The Morgan fingerprint density at radius 3 is 2.48 bits per heavy atom. The molecule has 3 rings (SSSR count). The molecule has 1 heterocycles. The summed E-state index contributed by atoms with van der Waals surface area (Å²) >= 11 is 0. The molecule has 1 aliphatic rings. The van der Waals surface area contributed by atoms with E-state index in [1.54, 1.807) is 4.90 Å². The summed E-state index contributed by atoms with van der Waals surface area (Å²) in [6, 6.07) is 11.7. The fourth-order valence-electron chi connectivity index (χ4n) is 3.36. The molecule has 0 saturated carbocycles. The quantitative estimate of drug-likeness (QED) is 0.902. The van der Waals surface area contributed by atoms with Crippen molar-refractivity contribution in [3.05, 3.63) is 58.7 Å². The van der Waals surface area contributed by atoms with E-state index in [2.05, 4.69) is 10.6 Å². The summed E-state index contributed by atoms with van der Waals surface area (Å²) in [5.41, 5.74) is 6.10. The van der Waals surface area contributed by atoms with E-state index in [0.717, 1.165) is 40.0 Å². The maximum absolute atomic E-state index is 12.4. The van der Waals surface area contributed by atoms with Crippen molar-refractivity contribution < 1.29 is 9.59 Å². The van der Waals surface area contributed by atoms with Gasteiger partial charge in [0, 0.05) is 17.9 Å². The van der Waals surface area contributed by atoms with Gasteiger partial charge in [0.1, 0.15) is 0 Å². The van der Waals surface area contributed by atoms with Crippen LogP contribution in [0.5, 0.6) is 0 Å². The summed E-state index contributed by atoms with van der Waals surface area (Å²) in [5, 5.41) is 5.61. The van der Waals surface area contributed by atoms with Crippen LogP contribution < -0.4 is 15.5 Å². The molecule has 25 heavy (non-hydrogen) atoms. The van der Waals surface area contributed by atoms with Crippen molar-refractivity contribution in [3.63, 3.8) is 0 Å². The molecule has 5 heteroatoms.